The maximum Gasteiger partial charge on any atom is 0.283 e. The molecular formula is C17H17N3O4S. The van der Waals surface area contributed by atoms with Gasteiger partial charge in [-0.15, -0.1) is 11.8 Å². The molecule has 25 heavy (non-hydrogen) atoms. The fourth-order valence-electron chi connectivity index (χ4n) is 2.22. The Bertz CT molecular complexity index is 852. The zero-order valence-electron chi connectivity index (χ0n) is 13.7. The Hall–Kier alpha value is -2.87. The lowest BCUT2D eigenvalue weighted by Crippen LogP contribution is -2.15. The molecule has 0 spiro atoms. The van der Waals surface area contributed by atoms with Crippen molar-refractivity contribution in [3.63, 3.8) is 0 Å². The molecule has 2 aromatic carbocycles. The van der Waals surface area contributed by atoms with Crippen LogP contribution >= 0.6 is 11.8 Å². The number of rotatable bonds is 6. The third-order valence-electron chi connectivity index (χ3n) is 3.45. The number of primary amides is 1. The summed E-state index contributed by atoms with van der Waals surface area (Å²) in [6, 6.07) is 9.61. The predicted molar refractivity (Wildman–Crippen MR) is 96.9 cm³/mol. The summed E-state index contributed by atoms with van der Waals surface area (Å²) in [5, 5.41) is 13.9. The van der Waals surface area contributed by atoms with Gasteiger partial charge in [-0.25, -0.2) is 0 Å². The normalized spacial score (nSPS) is 10.3. The molecule has 0 atom stereocenters. The second kappa shape index (κ2) is 7.80. The van der Waals surface area contributed by atoms with E-state index in [1.165, 1.54) is 12.1 Å². The third-order valence-corrected chi connectivity index (χ3v) is 4.52. The summed E-state index contributed by atoms with van der Waals surface area (Å²) in [5.41, 5.74) is 7.67. The number of nitrogens with two attached hydrogens (primary N) is 1. The molecule has 7 nitrogen and oxygen atoms in total. The van der Waals surface area contributed by atoms with Gasteiger partial charge in [0.1, 0.15) is 0 Å². The summed E-state index contributed by atoms with van der Waals surface area (Å²) in [6.07, 6.45) is 0. The van der Waals surface area contributed by atoms with Crippen LogP contribution in [0.4, 0.5) is 11.4 Å². The van der Waals surface area contributed by atoms with E-state index in [2.05, 4.69) is 5.32 Å². The van der Waals surface area contributed by atoms with Gasteiger partial charge in [0.25, 0.3) is 5.69 Å². The van der Waals surface area contributed by atoms with E-state index in [1.54, 1.807) is 0 Å². The van der Waals surface area contributed by atoms with Crippen molar-refractivity contribution in [2.75, 3.05) is 11.1 Å². The monoisotopic (exact) mass is 359 g/mol. The Morgan fingerprint density at radius 1 is 1.20 bits per heavy atom. The number of hydrogen-bond acceptors (Lipinski definition) is 5. The maximum atomic E-state index is 12.1. The summed E-state index contributed by atoms with van der Waals surface area (Å²) in [7, 11) is 0. The van der Waals surface area contributed by atoms with Crippen LogP contribution in [-0.4, -0.2) is 22.5 Å². The van der Waals surface area contributed by atoms with Gasteiger partial charge in [-0.3, -0.25) is 19.7 Å². The SMILES string of the molecule is Cc1ccc(NC(=O)CSc2ccc(C(N)=O)cc2[N+](=O)[O-])c(C)c1. The summed E-state index contributed by atoms with van der Waals surface area (Å²) in [6.45, 7) is 3.85. The van der Waals surface area contributed by atoms with Gasteiger partial charge in [0, 0.05) is 17.3 Å². The molecule has 3 N–H and O–H groups in total. The molecule has 0 radical (unpaired) electrons. The minimum Gasteiger partial charge on any atom is -0.366 e. The smallest absolute Gasteiger partial charge is 0.283 e. The van der Waals surface area contributed by atoms with Gasteiger partial charge in [0.15, 0.2) is 0 Å². The Kier molecular flexibility index (Phi) is 5.76. The molecule has 2 aromatic rings. The van der Waals surface area contributed by atoms with Crippen LogP contribution in [0.1, 0.15) is 21.5 Å². The Labute approximate surface area is 148 Å². The van der Waals surface area contributed by atoms with Crippen LogP contribution in [0.3, 0.4) is 0 Å². The molecule has 8 heteroatoms. The van der Waals surface area contributed by atoms with Crippen LogP contribution in [0.2, 0.25) is 0 Å². The number of hydrogen-bond donors (Lipinski definition) is 2. The van der Waals surface area contributed by atoms with Crippen LogP contribution in [0.5, 0.6) is 0 Å². The number of aryl methyl sites for hydroxylation is 2. The molecule has 0 aliphatic carbocycles. The molecule has 0 saturated carbocycles. The molecule has 0 aliphatic heterocycles. The standard InChI is InChI=1S/C17H17N3O4S/c1-10-3-5-13(11(2)7-10)19-16(21)9-25-15-6-4-12(17(18)22)8-14(15)20(23)24/h3-8H,9H2,1-2H3,(H2,18,22)(H,19,21). The Morgan fingerprint density at radius 3 is 2.52 bits per heavy atom. The summed E-state index contributed by atoms with van der Waals surface area (Å²) < 4.78 is 0. The second-order valence-electron chi connectivity index (χ2n) is 5.46. The molecule has 0 aromatic heterocycles. The average molecular weight is 359 g/mol. The van der Waals surface area contributed by atoms with E-state index in [0.717, 1.165) is 29.0 Å². The van der Waals surface area contributed by atoms with E-state index in [0.29, 0.717) is 10.6 Å². The number of nitro benzene ring substituents is 1. The van der Waals surface area contributed by atoms with Crippen molar-refractivity contribution in [2.45, 2.75) is 18.7 Å². The van der Waals surface area contributed by atoms with Crippen molar-refractivity contribution >= 4 is 35.0 Å². The van der Waals surface area contributed by atoms with Crippen LogP contribution < -0.4 is 11.1 Å². The first-order valence-corrected chi connectivity index (χ1v) is 8.34. The second-order valence-corrected chi connectivity index (χ2v) is 6.48. The van der Waals surface area contributed by atoms with Gasteiger partial charge in [0.05, 0.1) is 15.6 Å². The van der Waals surface area contributed by atoms with E-state index in [4.69, 9.17) is 5.73 Å². The molecular weight excluding hydrogens is 342 g/mol. The highest BCUT2D eigenvalue weighted by Gasteiger charge is 2.18. The predicted octanol–water partition coefficient (Wildman–Crippen LogP) is 3.04. The summed E-state index contributed by atoms with van der Waals surface area (Å²) in [4.78, 5) is 34.1. The van der Waals surface area contributed by atoms with Crippen LogP contribution in [-0.2, 0) is 4.79 Å². The van der Waals surface area contributed by atoms with Crippen LogP contribution in [0.25, 0.3) is 0 Å². The largest absolute Gasteiger partial charge is 0.366 e. The number of carbonyl (C=O) groups is 2. The lowest BCUT2D eigenvalue weighted by Gasteiger charge is -2.09. The number of carbonyl (C=O) groups excluding carboxylic acids is 2. The van der Waals surface area contributed by atoms with E-state index in [1.807, 2.05) is 32.0 Å². The van der Waals surface area contributed by atoms with Gasteiger partial charge in [-0.1, -0.05) is 17.7 Å². The quantitative estimate of drug-likeness (QED) is 0.467. The average Bonchev–Trinajstić information content (AvgIpc) is 2.55. The fraction of sp³-hybridized carbons (Fsp3) is 0.176. The molecule has 2 amide bonds. The minimum atomic E-state index is -0.743. The zero-order chi connectivity index (χ0) is 18.6. The first-order chi connectivity index (χ1) is 11.8. The van der Waals surface area contributed by atoms with E-state index >= 15 is 0 Å². The lowest BCUT2D eigenvalue weighted by molar-refractivity contribution is -0.387. The Morgan fingerprint density at radius 2 is 1.92 bits per heavy atom. The number of nitrogens with one attached hydrogen (secondary N) is 1. The van der Waals surface area contributed by atoms with Gasteiger partial charge in [-0.05, 0) is 37.6 Å². The van der Waals surface area contributed by atoms with Crippen molar-refractivity contribution < 1.29 is 14.5 Å². The van der Waals surface area contributed by atoms with Crippen LogP contribution in [0, 0.1) is 24.0 Å². The highest BCUT2D eigenvalue weighted by Crippen LogP contribution is 2.30. The molecule has 0 bridgehead atoms. The van der Waals surface area contributed by atoms with Crippen molar-refractivity contribution in [1.29, 1.82) is 0 Å². The van der Waals surface area contributed by atoms with Gasteiger partial charge < -0.3 is 11.1 Å². The highest BCUT2D eigenvalue weighted by molar-refractivity contribution is 8.00. The number of nitro groups is 1. The van der Waals surface area contributed by atoms with Gasteiger partial charge in [0.2, 0.25) is 11.8 Å². The summed E-state index contributed by atoms with van der Waals surface area (Å²) >= 11 is 1.03. The number of thioether (sulfide) groups is 1. The van der Waals surface area contributed by atoms with Crippen molar-refractivity contribution in [3.8, 4) is 0 Å². The van der Waals surface area contributed by atoms with Crippen LogP contribution in [0.15, 0.2) is 41.3 Å². The molecule has 0 aliphatic rings. The van der Waals surface area contributed by atoms with E-state index < -0.39 is 10.8 Å². The third kappa shape index (κ3) is 4.80. The van der Waals surface area contributed by atoms with Crippen molar-refractivity contribution in [1.82, 2.24) is 0 Å². The molecule has 2 rings (SSSR count). The molecule has 0 unspecified atom stereocenters. The molecule has 0 heterocycles. The van der Waals surface area contributed by atoms with Crippen molar-refractivity contribution in [3.05, 3.63) is 63.2 Å². The minimum absolute atomic E-state index is 0.00404. The zero-order valence-corrected chi connectivity index (χ0v) is 14.6. The number of anilines is 1. The van der Waals surface area contributed by atoms with E-state index in [-0.39, 0.29) is 22.9 Å². The Balaban J connectivity index is 2.08. The maximum absolute atomic E-state index is 12.1. The first-order valence-electron chi connectivity index (χ1n) is 7.36. The highest BCUT2D eigenvalue weighted by atomic mass is 32.2. The molecule has 0 saturated heterocycles. The summed E-state index contributed by atoms with van der Waals surface area (Å²) in [5.74, 6) is -1.01. The lowest BCUT2D eigenvalue weighted by atomic mass is 10.1. The topological polar surface area (TPSA) is 115 Å². The number of nitrogens with zero attached hydrogens (tertiary/aromatic N) is 1. The number of amides is 2. The molecule has 0 fully saturated rings. The number of benzene rings is 2. The van der Waals surface area contributed by atoms with E-state index in [9.17, 15) is 19.7 Å². The molecule has 130 valence electrons. The van der Waals surface area contributed by atoms with Gasteiger partial charge >= 0.3 is 0 Å². The first kappa shape index (κ1) is 18.5. The van der Waals surface area contributed by atoms with Gasteiger partial charge in [-0.2, -0.15) is 0 Å². The fourth-order valence-corrected chi connectivity index (χ4v) is 3.02. The van der Waals surface area contributed by atoms with Crippen molar-refractivity contribution in [2.24, 2.45) is 5.73 Å².